The Morgan fingerprint density at radius 1 is 1.20 bits per heavy atom. The third-order valence-electron chi connectivity index (χ3n) is 4.70. The van der Waals surface area contributed by atoms with Gasteiger partial charge < -0.3 is 10.6 Å². The fraction of sp³-hybridized carbons (Fsp3) is 0.667. The standard InChI is InChI=1S/C18H30N2/c1-18(2,3)16(10-12-19)8-6-13-20-14-11-15-7-4-5-9-17(15)20/h4-5,7,9,16H,6,8,10-14,19H2,1-3H3. The predicted octanol–water partition coefficient (Wildman–Crippen LogP) is 3.84. The van der Waals surface area contributed by atoms with Crippen LogP contribution in [0.3, 0.4) is 0 Å². The molecule has 20 heavy (non-hydrogen) atoms. The molecule has 1 aromatic rings. The van der Waals surface area contributed by atoms with E-state index in [2.05, 4.69) is 49.9 Å². The third-order valence-corrected chi connectivity index (χ3v) is 4.70. The lowest BCUT2D eigenvalue weighted by Crippen LogP contribution is -2.26. The first kappa shape index (κ1) is 15.4. The summed E-state index contributed by atoms with van der Waals surface area (Å²) in [6, 6.07) is 8.84. The van der Waals surface area contributed by atoms with Crippen LogP contribution in [-0.4, -0.2) is 19.6 Å². The minimum Gasteiger partial charge on any atom is -0.371 e. The quantitative estimate of drug-likeness (QED) is 0.854. The average Bonchev–Trinajstić information content (AvgIpc) is 2.80. The van der Waals surface area contributed by atoms with Crippen LogP contribution in [0.5, 0.6) is 0 Å². The van der Waals surface area contributed by atoms with Crippen LogP contribution >= 0.6 is 0 Å². The molecule has 2 heteroatoms. The molecule has 1 unspecified atom stereocenters. The molecule has 1 atom stereocenters. The molecule has 2 rings (SSSR count). The van der Waals surface area contributed by atoms with Crippen molar-refractivity contribution in [2.75, 3.05) is 24.5 Å². The summed E-state index contributed by atoms with van der Waals surface area (Å²) >= 11 is 0. The Kier molecular flexibility index (Phi) is 5.09. The van der Waals surface area contributed by atoms with Crippen LogP contribution in [0, 0.1) is 11.3 Å². The predicted molar refractivity (Wildman–Crippen MR) is 88.2 cm³/mol. The van der Waals surface area contributed by atoms with Crippen molar-refractivity contribution in [1.82, 2.24) is 0 Å². The topological polar surface area (TPSA) is 29.3 Å². The van der Waals surface area contributed by atoms with Crippen molar-refractivity contribution in [2.24, 2.45) is 17.1 Å². The first-order chi connectivity index (χ1) is 9.52. The minimum atomic E-state index is 0.377. The molecule has 1 aromatic carbocycles. The average molecular weight is 274 g/mol. The van der Waals surface area contributed by atoms with Gasteiger partial charge in [-0.3, -0.25) is 0 Å². The molecule has 0 spiro atoms. The van der Waals surface area contributed by atoms with Gasteiger partial charge in [0.15, 0.2) is 0 Å². The van der Waals surface area contributed by atoms with Crippen molar-refractivity contribution in [3.05, 3.63) is 29.8 Å². The van der Waals surface area contributed by atoms with E-state index in [1.165, 1.54) is 43.6 Å². The smallest absolute Gasteiger partial charge is 0.0399 e. The van der Waals surface area contributed by atoms with Gasteiger partial charge >= 0.3 is 0 Å². The number of anilines is 1. The van der Waals surface area contributed by atoms with Crippen LogP contribution in [0.15, 0.2) is 24.3 Å². The summed E-state index contributed by atoms with van der Waals surface area (Å²) in [5.74, 6) is 0.741. The van der Waals surface area contributed by atoms with Gasteiger partial charge in [-0.15, -0.1) is 0 Å². The van der Waals surface area contributed by atoms with Crippen LogP contribution in [0.4, 0.5) is 5.69 Å². The highest BCUT2D eigenvalue weighted by Crippen LogP contribution is 2.33. The SMILES string of the molecule is CC(C)(C)C(CCN)CCCN1CCc2ccccc21. The van der Waals surface area contributed by atoms with E-state index >= 15 is 0 Å². The lowest BCUT2D eigenvalue weighted by Gasteiger charge is -2.31. The second-order valence-corrected chi connectivity index (χ2v) is 7.15. The summed E-state index contributed by atoms with van der Waals surface area (Å²) in [6.45, 7) is 10.2. The molecule has 1 aliphatic heterocycles. The molecular formula is C18H30N2. The van der Waals surface area contributed by atoms with Gasteiger partial charge in [-0.25, -0.2) is 0 Å². The molecule has 0 bridgehead atoms. The number of fused-ring (bicyclic) bond motifs is 1. The van der Waals surface area contributed by atoms with Gasteiger partial charge in [0.2, 0.25) is 0 Å². The fourth-order valence-corrected chi connectivity index (χ4v) is 3.38. The highest BCUT2D eigenvalue weighted by atomic mass is 15.1. The molecule has 0 saturated carbocycles. The van der Waals surface area contributed by atoms with Crippen molar-refractivity contribution < 1.29 is 0 Å². The summed E-state index contributed by atoms with van der Waals surface area (Å²) in [4.78, 5) is 2.55. The first-order valence-corrected chi connectivity index (χ1v) is 8.05. The molecule has 1 aliphatic rings. The van der Waals surface area contributed by atoms with Crippen molar-refractivity contribution >= 4 is 5.69 Å². The van der Waals surface area contributed by atoms with Crippen LogP contribution in [0.2, 0.25) is 0 Å². The van der Waals surface area contributed by atoms with E-state index in [4.69, 9.17) is 5.73 Å². The van der Waals surface area contributed by atoms with E-state index in [1.54, 1.807) is 0 Å². The second kappa shape index (κ2) is 6.62. The maximum absolute atomic E-state index is 5.77. The summed E-state index contributed by atoms with van der Waals surface area (Å²) in [5.41, 5.74) is 9.12. The monoisotopic (exact) mass is 274 g/mol. The number of hydrogen-bond acceptors (Lipinski definition) is 2. The maximum Gasteiger partial charge on any atom is 0.0399 e. The van der Waals surface area contributed by atoms with Gasteiger partial charge in [0.05, 0.1) is 0 Å². The lowest BCUT2D eigenvalue weighted by molar-refractivity contribution is 0.211. The molecule has 0 saturated heterocycles. The van der Waals surface area contributed by atoms with Gasteiger partial charge in [0.25, 0.3) is 0 Å². The van der Waals surface area contributed by atoms with E-state index in [1.807, 2.05) is 0 Å². The molecule has 2 N–H and O–H groups in total. The van der Waals surface area contributed by atoms with Crippen LogP contribution in [0.25, 0.3) is 0 Å². The van der Waals surface area contributed by atoms with E-state index in [0.717, 1.165) is 18.9 Å². The molecule has 0 aromatic heterocycles. The van der Waals surface area contributed by atoms with Crippen LogP contribution in [-0.2, 0) is 6.42 Å². The largest absolute Gasteiger partial charge is 0.371 e. The number of hydrogen-bond donors (Lipinski definition) is 1. The number of rotatable bonds is 6. The zero-order valence-electron chi connectivity index (χ0n) is 13.4. The Balaban J connectivity index is 1.84. The number of para-hydroxylation sites is 1. The molecule has 112 valence electrons. The van der Waals surface area contributed by atoms with Gasteiger partial charge in [0.1, 0.15) is 0 Å². The second-order valence-electron chi connectivity index (χ2n) is 7.15. The Labute approximate surface area is 124 Å². The summed E-state index contributed by atoms with van der Waals surface area (Å²) in [7, 11) is 0. The molecule has 0 aliphatic carbocycles. The molecule has 0 amide bonds. The minimum absolute atomic E-state index is 0.377. The van der Waals surface area contributed by atoms with Gasteiger partial charge in [0, 0.05) is 18.8 Å². The normalized spacial score (nSPS) is 16.3. The number of nitrogens with two attached hydrogens (primary N) is 1. The van der Waals surface area contributed by atoms with Crippen molar-refractivity contribution in [1.29, 1.82) is 0 Å². The summed E-state index contributed by atoms with van der Waals surface area (Å²) < 4.78 is 0. The summed E-state index contributed by atoms with van der Waals surface area (Å²) in [5, 5.41) is 0. The van der Waals surface area contributed by atoms with Gasteiger partial charge in [-0.2, -0.15) is 0 Å². The Morgan fingerprint density at radius 3 is 2.65 bits per heavy atom. The lowest BCUT2D eigenvalue weighted by atomic mass is 9.76. The molecular weight excluding hydrogens is 244 g/mol. The van der Waals surface area contributed by atoms with Crippen molar-refractivity contribution in [3.8, 4) is 0 Å². The molecule has 0 radical (unpaired) electrons. The van der Waals surface area contributed by atoms with Crippen LogP contribution < -0.4 is 10.6 Å². The van der Waals surface area contributed by atoms with Gasteiger partial charge in [-0.05, 0) is 55.2 Å². The van der Waals surface area contributed by atoms with E-state index in [0.29, 0.717) is 5.41 Å². The fourth-order valence-electron chi connectivity index (χ4n) is 3.38. The Morgan fingerprint density at radius 2 is 1.95 bits per heavy atom. The van der Waals surface area contributed by atoms with Crippen molar-refractivity contribution in [2.45, 2.75) is 46.5 Å². The Hall–Kier alpha value is -1.02. The Bertz CT molecular complexity index is 420. The highest BCUT2D eigenvalue weighted by molar-refractivity contribution is 5.57. The van der Waals surface area contributed by atoms with E-state index in [9.17, 15) is 0 Å². The number of nitrogens with zero attached hydrogens (tertiary/aromatic N) is 1. The van der Waals surface area contributed by atoms with E-state index in [-0.39, 0.29) is 0 Å². The van der Waals surface area contributed by atoms with E-state index < -0.39 is 0 Å². The first-order valence-electron chi connectivity index (χ1n) is 8.05. The molecule has 1 heterocycles. The summed E-state index contributed by atoms with van der Waals surface area (Å²) in [6.07, 6.45) is 4.93. The zero-order chi connectivity index (χ0) is 14.6. The zero-order valence-corrected chi connectivity index (χ0v) is 13.4. The molecule has 0 fully saturated rings. The van der Waals surface area contributed by atoms with Crippen LogP contribution in [0.1, 0.15) is 45.6 Å². The maximum atomic E-state index is 5.77. The molecule has 2 nitrogen and oxygen atoms in total. The van der Waals surface area contributed by atoms with Crippen molar-refractivity contribution in [3.63, 3.8) is 0 Å². The highest BCUT2D eigenvalue weighted by Gasteiger charge is 2.24. The van der Waals surface area contributed by atoms with Gasteiger partial charge in [-0.1, -0.05) is 39.0 Å². The number of benzene rings is 1. The third kappa shape index (κ3) is 3.76.